The average Bonchev–Trinajstić information content (AvgIpc) is 2.19. The molecule has 0 bridgehead atoms. The Labute approximate surface area is 123 Å². The number of aliphatic imine (C=N–C) groups is 2. The zero-order valence-corrected chi connectivity index (χ0v) is 13.5. The van der Waals surface area contributed by atoms with Crippen LogP contribution in [-0.2, 0) is 0 Å². The second-order valence-corrected chi connectivity index (χ2v) is 6.82. The number of nitrogens with one attached hydrogen (secondary N) is 1. The van der Waals surface area contributed by atoms with Crippen LogP contribution in [0.1, 0.15) is 41.0 Å². The van der Waals surface area contributed by atoms with Gasteiger partial charge in [0.2, 0.25) is 0 Å². The number of hydrogen-bond acceptors (Lipinski definition) is 4. The molecule has 1 N–H and O–H groups in total. The smallest absolute Gasteiger partial charge is 0.147 e. The summed E-state index contributed by atoms with van der Waals surface area (Å²) in [7, 11) is 0. The second-order valence-electron chi connectivity index (χ2n) is 6.82. The number of allylic oxidation sites excluding steroid dienone is 1. The predicted molar refractivity (Wildman–Crippen MR) is 88.1 cm³/mol. The third-order valence-electron chi connectivity index (χ3n) is 2.90. The molecule has 0 aromatic carbocycles. The molecule has 0 aliphatic carbocycles. The number of hydrogen-bond donors (Lipinski definition) is 1. The van der Waals surface area contributed by atoms with Crippen molar-refractivity contribution in [3.05, 3.63) is 24.3 Å². The van der Waals surface area contributed by atoms with Crippen molar-refractivity contribution in [1.82, 2.24) is 10.2 Å². The molecule has 0 aromatic rings. The molecule has 112 valence electrons. The molecular weight excluding hydrogens is 248 g/mol. The minimum Gasteiger partial charge on any atom is -0.382 e. The van der Waals surface area contributed by atoms with Crippen LogP contribution in [0.5, 0.6) is 0 Å². The van der Waals surface area contributed by atoms with Gasteiger partial charge in [-0.15, -0.1) is 0 Å². The third-order valence-corrected chi connectivity index (χ3v) is 2.90. The summed E-state index contributed by atoms with van der Waals surface area (Å²) in [5.41, 5.74) is 2.41. The molecule has 0 unspecified atom stereocenters. The molecule has 0 amide bonds. The molecule has 1 heterocycles. The SMILES string of the molecule is C=N/C=C(\N=C(C)C)N1CC(NC(=C)CC(C)(C)C)C1. The molecule has 0 spiro atoms. The molecular formula is C16H28N4. The normalized spacial score (nSPS) is 16.4. The first kappa shape index (κ1) is 16.5. The van der Waals surface area contributed by atoms with Crippen LogP contribution in [0.4, 0.5) is 0 Å². The fourth-order valence-corrected chi connectivity index (χ4v) is 2.23. The number of rotatable bonds is 6. The van der Waals surface area contributed by atoms with Crippen molar-refractivity contribution in [3.63, 3.8) is 0 Å². The Bertz CT molecular complexity index is 416. The minimum absolute atomic E-state index is 0.273. The molecule has 1 fully saturated rings. The highest BCUT2D eigenvalue weighted by Gasteiger charge is 2.29. The molecule has 1 rings (SSSR count). The van der Waals surface area contributed by atoms with E-state index in [1.807, 2.05) is 13.8 Å². The molecule has 1 aliphatic rings. The maximum Gasteiger partial charge on any atom is 0.147 e. The topological polar surface area (TPSA) is 40.0 Å². The molecule has 0 saturated carbocycles. The summed E-state index contributed by atoms with van der Waals surface area (Å²) in [5, 5.41) is 3.50. The van der Waals surface area contributed by atoms with E-state index in [0.29, 0.717) is 6.04 Å². The summed E-state index contributed by atoms with van der Waals surface area (Å²) in [6, 6.07) is 0.449. The highest BCUT2D eigenvalue weighted by Crippen LogP contribution is 2.24. The standard InChI is InChI=1S/C16H28N4/c1-12(2)18-15(9-17-7)20-10-14(11-20)19-13(3)8-16(4,5)6/h9,14,19H,3,7-8,10-11H2,1-2,4-6H3/b15-9+. The fourth-order valence-electron chi connectivity index (χ4n) is 2.23. The summed E-state index contributed by atoms with van der Waals surface area (Å²) < 4.78 is 0. The van der Waals surface area contributed by atoms with E-state index in [2.05, 4.69) is 54.3 Å². The Morgan fingerprint density at radius 3 is 2.40 bits per heavy atom. The van der Waals surface area contributed by atoms with Crippen LogP contribution >= 0.6 is 0 Å². The van der Waals surface area contributed by atoms with Gasteiger partial charge in [0.05, 0.1) is 12.2 Å². The highest BCUT2D eigenvalue weighted by molar-refractivity contribution is 5.80. The molecule has 0 atom stereocenters. The van der Waals surface area contributed by atoms with Gasteiger partial charge in [0.15, 0.2) is 0 Å². The van der Waals surface area contributed by atoms with Crippen molar-refractivity contribution in [2.45, 2.75) is 47.1 Å². The summed E-state index contributed by atoms with van der Waals surface area (Å²) in [6.45, 7) is 20.1. The Hall–Kier alpha value is -1.58. The van der Waals surface area contributed by atoms with Gasteiger partial charge in [-0.25, -0.2) is 4.99 Å². The van der Waals surface area contributed by atoms with Crippen LogP contribution < -0.4 is 5.32 Å². The van der Waals surface area contributed by atoms with E-state index in [9.17, 15) is 0 Å². The zero-order valence-electron chi connectivity index (χ0n) is 13.5. The first-order valence-corrected chi connectivity index (χ1v) is 7.08. The van der Waals surface area contributed by atoms with E-state index in [1.54, 1.807) is 6.20 Å². The lowest BCUT2D eigenvalue weighted by Gasteiger charge is -2.42. The Kier molecular flexibility index (Phi) is 5.54. The molecule has 0 radical (unpaired) electrons. The van der Waals surface area contributed by atoms with Crippen LogP contribution in [0, 0.1) is 5.41 Å². The number of nitrogens with zero attached hydrogens (tertiary/aromatic N) is 3. The molecule has 1 saturated heterocycles. The largest absolute Gasteiger partial charge is 0.382 e. The van der Waals surface area contributed by atoms with Gasteiger partial charge in [-0.1, -0.05) is 27.4 Å². The fraction of sp³-hybridized carbons (Fsp3) is 0.625. The van der Waals surface area contributed by atoms with E-state index in [-0.39, 0.29) is 5.41 Å². The third kappa shape index (κ3) is 5.59. The van der Waals surface area contributed by atoms with E-state index in [1.165, 1.54) is 0 Å². The summed E-state index contributed by atoms with van der Waals surface area (Å²) in [6.07, 6.45) is 2.71. The highest BCUT2D eigenvalue weighted by atomic mass is 15.3. The van der Waals surface area contributed by atoms with E-state index in [4.69, 9.17) is 0 Å². The van der Waals surface area contributed by atoms with Crippen molar-refractivity contribution in [2.75, 3.05) is 13.1 Å². The zero-order chi connectivity index (χ0) is 15.3. The predicted octanol–water partition coefficient (Wildman–Crippen LogP) is 3.19. The second kappa shape index (κ2) is 6.73. The summed E-state index contributed by atoms with van der Waals surface area (Å²) >= 11 is 0. The van der Waals surface area contributed by atoms with Gasteiger partial charge in [-0.05, 0) is 32.4 Å². The van der Waals surface area contributed by atoms with E-state index < -0.39 is 0 Å². The van der Waals surface area contributed by atoms with Gasteiger partial charge in [-0.3, -0.25) is 4.99 Å². The summed E-state index contributed by atoms with van der Waals surface area (Å²) in [5.74, 6) is 0.888. The van der Waals surface area contributed by atoms with Crippen LogP contribution in [0.15, 0.2) is 34.3 Å². The minimum atomic E-state index is 0.273. The first-order chi connectivity index (χ1) is 9.21. The summed E-state index contributed by atoms with van der Waals surface area (Å²) in [4.78, 5) is 10.5. The van der Waals surface area contributed by atoms with Gasteiger partial charge in [0.1, 0.15) is 5.82 Å². The van der Waals surface area contributed by atoms with Gasteiger partial charge in [0.25, 0.3) is 0 Å². The van der Waals surface area contributed by atoms with Crippen molar-refractivity contribution in [3.8, 4) is 0 Å². The van der Waals surface area contributed by atoms with Gasteiger partial charge in [0, 0.05) is 24.5 Å². The van der Waals surface area contributed by atoms with Crippen molar-refractivity contribution in [1.29, 1.82) is 0 Å². The molecule has 4 heteroatoms. The first-order valence-electron chi connectivity index (χ1n) is 7.08. The molecule has 4 nitrogen and oxygen atoms in total. The molecule has 1 aliphatic heterocycles. The lowest BCUT2D eigenvalue weighted by atomic mass is 9.90. The van der Waals surface area contributed by atoms with Crippen LogP contribution in [0.2, 0.25) is 0 Å². The van der Waals surface area contributed by atoms with Gasteiger partial charge >= 0.3 is 0 Å². The monoisotopic (exact) mass is 276 g/mol. The van der Waals surface area contributed by atoms with Crippen molar-refractivity contribution in [2.24, 2.45) is 15.4 Å². The van der Waals surface area contributed by atoms with Crippen LogP contribution in [0.25, 0.3) is 0 Å². The van der Waals surface area contributed by atoms with Crippen molar-refractivity contribution < 1.29 is 0 Å². The Morgan fingerprint density at radius 1 is 1.35 bits per heavy atom. The lowest BCUT2D eigenvalue weighted by Crippen LogP contribution is -2.56. The molecule has 0 aromatic heterocycles. The van der Waals surface area contributed by atoms with Gasteiger partial charge < -0.3 is 10.2 Å². The van der Waals surface area contributed by atoms with E-state index in [0.717, 1.165) is 36.7 Å². The maximum absolute atomic E-state index is 4.48. The Balaban J connectivity index is 2.46. The molecule has 20 heavy (non-hydrogen) atoms. The van der Waals surface area contributed by atoms with Crippen LogP contribution in [0.3, 0.4) is 0 Å². The van der Waals surface area contributed by atoms with Crippen LogP contribution in [-0.4, -0.2) is 36.5 Å². The Morgan fingerprint density at radius 2 is 1.95 bits per heavy atom. The number of likely N-dealkylation sites (tertiary alicyclic amines) is 1. The maximum atomic E-state index is 4.48. The quantitative estimate of drug-likeness (QED) is 0.757. The van der Waals surface area contributed by atoms with Crippen molar-refractivity contribution >= 4 is 12.4 Å². The lowest BCUT2D eigenvalue weighted by molar-refractivity contribution is 0.174. The van der Waals surface area contributed by atoms with E-state index >= 15 is 0 Å². The van der Waals surface area contributed by atoms with Gasteiger partial charge in [-0.2, -0.15) is 0 Å². The average molecular weight is 276 g/mol.